The number of phenols is 2. The number of aliphatic hydroxyl groups excluding tert-OH is 3. The highest BCUT2D eigenvalue weighted by molar-refractivity contribution is 5.88. The van der Waals surface area contributed by atoms with Crippen LogP contribution in [0.15, 0.2) is 45.6 Å². The summed E-state index contributed by atoms with van der Waals surface area (Å²) in [5.41, 5.74) is -0.702. The third-order valence-electron chi connectivity index (χ3n) is 5.11. The van der Waals surface area contributed by atoms with E-state index in [0.717, 1.165) is 6.07 Å². The summed E-state index contributed by atoms with van der Waals surface area (Å²) in [6, 6.07) is 7.87. The maximum Gasteiger partial charge on any atom is 0.238 e. The molecule has 4 rings (SSSR count). The summed E-state index contributed by atoms with van der Waals surface area (Å²) in [4.78, 5) is 12.6. The van der Waals surface area contributed by atoms with Crippen LogP contribution in [0.5, 0.6) is 23.0 Å². The molecule has 31 heavy (non-hydrogen) atoms. The molecule has 10 nitrogen and oxygen atoms in total. The largest absolute Gasteiger partial charge is 0.508 e. The second kappa shape index (κ2) is 7.75. The summed E-state index contributed by atoms with van der Waals surface area (Å²) in [7, 11) is 0. The van der Waals surface area contributed by atoms with Crippen LogP contribution in [-0.2, 0) is 4.74 Å². The van der Waals surface area contributed by atoms with Gasteiger partial charge in [0.2, 0.25) is 17.5 Å². The van der Waals surface area contributed by atoms with Gasteiger partial charge in [-0.1, -0.05) is 0 Å². The molecule has 0 radical (unpaired) electrons. The van der Waals surface area contributed by atoms with Crippen LogP contribution in [0, 0.1) is 0 Å². The van der Waals surface area contributed by atoms with E-state index in [0.29, 0.717) is 5.56 Å². The highest BCUT2D eigenvalue weighted by atomic mass is 16.7. The van der Waals surface area contributed by atoms with E-state index in [1.54, 1.807) is 0 Å². The van der Waals surface area contributed by atoms with Crippen LogP contribution in [0.4, 0.5) is 0 Å². The molecule has 0 saturated carbocycles. The molecule has 2 aromatic carbocycles. The smallest absolute Gasteiger partial charge is 0.238 e. The zero-order valence-corrected chi connectivity index (χ0v) is 16.2. The maximum atomic E-state index is 12.6. The lowest BCUT2D eigenvalue weighted by molar-refractivity contribution is -0.268. The third kappa shape index (κ3) is 3.66. The summed E-state index contributed by atoms with van der Waals surface area (Å²) >= 11 is 0. The second-order valence-corrected chi connectivity index (χ2v) is 7.27. The minimum Gasteiger partial charge on any atom is -0.508 e. The average Bonchev–Trinajstić information content (AvgIpc) is 2.73. The molecule has 164 valence electrons. The third-order valence-corrected chi connectivity index (χ3v) is 5.11. The van der Waals surface area contributed by atoms with Gasteiger partial charge in [-0.2, -0.15) is 0 Å². The Labute approximate surface area is 174 Å². The van der Waals surface area contributed by atoms with E-state index >= 15 is 0 Å². The number of hydrogen-bond acceptors (Lipinski definition) is 10. The molecule has 0 spiro atoms. The zero-order valence-electron chi connectivity index (χ0n) is 16.2. The number of benzene rings is 2. The SMILES string of the molecule is C[C@H]1O[C@H](Oc2cc(O)c3c(=O)c(O)c(-c4ccc(O)cc4)oc3c2)[C@@H](O)[C@@H](O)[C@@H]1O. The predicted octanol–water partition coefficient (Wildman–Crippen LogP) is 0.783. The molecule has 6 N–H and O–H groups in total. The van der Waals surface area contributed by atoms with Gasteiger partial charge in [-0.05, 0) is 31.2 Å². The first-order valence-corrected chi connectivity index (χ1v) is 9.36. The molecule has 1 aliphatic rings. The van der Waals surface area contributed by atoms with Gasteiger partial charge in [0.1, 0.15) is 46.5 Å². The molecule has 1 aliphatic heterocycles. The fourth-order valence-corrected chi connectivity index (χ4v) is 3.39. The predicted molar refractivity (Wildman–Crippen MR) is 106 cm³/mol. The van der Waals surface area contributed by atoms with Crippen LogP contribution in [0.3, 0.4) is 0 Å². The number of aromatic hydroxyl groups is 3. The lowest BCUT2D eigenvalue weighted by Crippen LogP contribution is -2.58. The molecule has 1 aromatic heterocycles. The van der Waals surface area contributed by atoms with E-state index in [9.17, 15) is 35.4 Å². The monoisotopic (exact) mass is 432 g/mol. The van der Waals surface area contributed by atoms with Crippen molar-refractivity contribution >= 4 is 11.0 Å². The normalized spacial score (nSPS) is 26.1. The van der Waals surface area contributed by atoms with Gasteiger partial charge in [0, 0.05) is 17.7 Å². The van der Waals surface area contributed by atoms with Gasteiger partial charge < -0.3 is 44.5 Å². The van der Waals surface area contributed by atoms with Gasteiger partial charge in [0.05, 0.1) is 6.10 Å². The Hall–Kier alpha value is -3.31. The zero-order chi connectivity index (χ0) is 22.4. The summed E-state index contributed by atoms with van der Waals surface area (Å²) in [6.07, 6.45) is -6.62. The minimum atomic E-state index is -1.58. The highest BCUT2D eigenvalue weighted by Crippen LogP contribution is 2.36. The molecule has 10 heteroatoms. The van der Waals surface area contributed by atoms with Crippen molar-refractivity contribution in [2.24, 2.45) is 0 Å². The van der Waals surface area contributed by atoms with Crippen molar-refractivity contribution in [3.8, 4) is 34.3 Å². The first-order chi connectivity index (χ1) is 14.7. The fraction of sp³-hybridized carbons (Fsp3) is 0.286. The van der Waals surface area contributed by atoms with Crippen LogP contribution in [-0.4, -0.2) is 61.3 Å². The first-order valence-electron chi connectivity index (χ1n) is 9.36. The molecule has 0 amide bonds. The topological polar surface area (TPSA) is 170 Å². The molecule has 0 aliphatic carbocycles. The summed E-state index contributed by atoms with van der Waals surface area (Å²) in [5.74, 6) is -1.54. The van der Waals surface area contributed by atoms with Crippen LogP contribution < -0.4 is 10.2 Å². The number of hydrogen-bond donors (Lipinski definition) is 6. The van der Waals surface area contributed by atoms with Crippen LogP contribution >= 0.6 is 0 Å². The van der Waals surface area contributed by atoms with Crippen molar-refractivity contribution in [3.05, 3.63) is 46.6 Å². The lowest BCUT2D eigenvalue weighted by atomic mass is 10.00. The molecule has 0 unspecified atom stereocenters. The van der Waals surface area contributed by atoms with Crippen LogP contribution in [0.1, 0.15) is 6.92 Å². The van der Waals surface area contributed by atoms with Gasteiger partial charge >= 0.3 is 0 Å². The number of rotatable bonds is 3. The molecule has 1 fully saturated rings. The molecular formula is C21H20O10. The first kappa shape index (κ1) is 20.9. The van der Waals surface area contributed by atoms with E-state index < -0.39 is 47.6 Å². The highest BCUT2D eigenvalue weighted by Gasteiger charge is 2.43. The molecular weight excluding hydrogens is 412 g/mol. The Morgan fingerprint density at radius 3 is 2.29 bits per heavy atom. The molecule has 3 aromatic rings. The Bertz CT molecular complexity index is 1170. The number of phenolic OH excluding ortho intramolecular Hbond substituents is 2. The van der Waals surface area contributed by atoms with Gasteiger partial charge in [-0.25, -0.2) is 0 Å². The van der Waals surface area contributed by atoms with E-state index in [1.165, 1.54) is 37.3 Å². The van der Waals surface area contributed by atoms with Gasteiger partial charge in [-0.15, -0.1) is 0 Å². The molecule has 5 atom stereocenters. The number of fused-ring (bicyclic) bond motifs is 1. The Morgan fingerprint density at radius 1 is 0.935 bits per heavy atom. The van der Waals surface area contributed by atoms with Crippen molar-refractivity contribution in [3.63, 3.8) is 0 Å². The number of aliphatic hydroxyl groups is 3. The van der Waals surface area contributed by atoms with Crippen molar-refractivity contribution in [2.75, 3.05) is 0 Å². The van der Waals surface area contributed by atoms with E-state index in [2.05, 4.69) is 0 Å². The molecule has 1 saturated heterocycles. The van der Waals surface area contributed by atoms with E-state index in [-0.39, 0.29) is 28.2 Å². The lowest BCUT2D eigenvalue weighted by Gasteiger charge is -2.38. The van der Waals surface area contributed by atoms with Gasteiger partial charge in [0.25, 0.3) is 0 Å². The minimum absolute atomic E-state index is 0.0210. The Kier molecular flexibility index (Phi) is 5.23. The van der Waals surface area contributed by atoms with E-state index in [1.807, 2.05) is 0 Å². The quantitative estimate of drug-likeness (QED) is 0.348. The second-order valence-electron chi connectivity index (χ2n) is 7.27. The Morgan fingerprint density at radius 2 is 1.61 bits per heavy atom. The summed E-state index contributed by atoms with van der Waals surface area (Å²) < 4.78 is 16.5. The molecule has 0 bridgehead atoms. The van der Waals surface area contributed by atoms with Gasteiger partial charge in [0.15, 0.2) is 5.76 Å². The summed E-state index contributed by atoms with van der Waals surface area (Å²) in [5, 5.41) is 59.6. The van der Waals surface area contributed by atoms with Crippen LogP contribution in [0.2, 0.25) is 0 Å². The summed E-state index contributed by atoms with van der Waals surface area (Å²) in [6.45, 7) is 1.49. The maximum absolute atomic E-state index is 12.6. The average molecular weight is 432 g/mol. The van der Waals surface area contributed by atoms with E-state index in [4.69, 9.17) is 13.9 Å². The van der Waals surface area contributed by atoms with Gasteiger partial charge in [-0.3, -0.25) is 4.79 Å². The van der Waals surface area contributed by atoms with Crippen LogP contribution in [0.25, 0.3) is 22.3 Å². The van der Waals surface area contributed by atoms with Crippen molar-refractivity contribution in [1.82, 2.24) is 0 Å². The van der Waals surface area contributed by atoms with Crippen molar-refractivity contribution in [2.45, 2.75) is 37.6 Å². The fourth-order valence-electron chi connectivity index (χ4n) is 3.39. The molecule has 2 heterocycles. The standard InChI is InChI=1S/C21H20O10/c1-8-15(24)17(26)19(28)21(29-8)30-11-6-12(23)14-13(7-11)31-20(18(27)16(14)25)9-2-4-10(22)5-3-9/h2-8,15,17,19,21-24,26-28H,1H3/t8-,15-,17+,19+,21-/m1/s1. The Balaban J connectivity index is 1.76. The number of ether oxygens (including phenoxy) is 2. The van der Waals surface area contributed by atoms with Crippen molar-refractivity contribution < 1.29 is 44.5 Å². The van der Waals surface area contributed by atoms with Crippen molar-refractivity contribution in [1.29, 1.82) is 0 Å².